The van der Waals surface area contributed by atoms with Gasteiger partial charge in [-0.05, 0) is 59.5 Å². The molecule has 26 heavy (non-hydrogen) atoms. The van der Waals surface area contributed by atoms with Crippen molar-refractivity contribution in [3.05, 3.63) is 0 Å². The SMILES string of the molecule is CCNC(=NCC(C(C)C)N1CCCCCC1)NCCS(=O)C(C)(C)C. The lowest BCUT2D eigenvalue weighted by Crippen LogP contribution is -2.44. The lowest BCUT2D eigenvalue weighted by atomic mass is 10.0. The van der Waals surface area contributed by atoms with Gasteiger partial charge in [-0.25, -0.2) is 0 Å². The Bertz CT molecular complexity index is 438. The number of hydrogen-bond acceptors (Lipinski definition) is 3. The van der Waals surface area contributed by atoms with Crippen molar-refractivity contribution in [1.82, 2.24) is 15.5 Å². The van der Waals surface area contributed by atoms with E-state index in [4.69, 9.17) is 4.99 Å². The Morgan fingerprint density at radius 2 is 1.73 bits per heavy atom. The molecule has 6 heteroatoms. The van der Waals surface area contributed by atoms with Crippen LogP contribution in [0.2, 0.25) is 0 Å². The molecule has 1 fully saturated rings. The standard InChI is InChI=1S/C20H42N4OS/c1-7-21-19(22-12-15-26(25)20(4,5)6)23-16-18(17(2)3)24-13-10-8-9-11-14-24/h17-18H,7-16H2,1-6H3,(H2,21,22,23). The topological polar surface area (TPSA) is 56.7 Å². The molecule has 0 radical (unpaired) electrons. The van der Waals surface area contributed by atoms with Gasteiger partial charge < -0.3 is 10.6 Å². The van der Waals surface area contributed by atoms with E-state index in [1.54, 1.807) is 0 Å². The fourth-order valence-corrected chi connectivity index (χ4v) is 4.17. The minimum Gasteiger partial charge on any atom is -0.357 e. The molecule has 0 saturated carbocycles. The number of hydrogen-bond donors (Lipinski definition) is 2. The highest BCUT2D eigenvalue weighted by molar-refractivity contribution is 7.86. The van der Waals surface area contributed by atoms with E-state index in [0.717, 1.165) is 19.0 Å². The first-order valence-electron chi connectivity index (χ1n) is 10.4. The van der Waals surface area contributed by atoms with Gasteiger partial charge in [0, 0.05) is 40.4 Å². The van der Waals surface area contributed by atoms with Crippen LogP contribution < -0.4 is 10.6 Å². The zero-order valence-corrected chi connectivity index (χ0v) is 18.8. The molecule has 0 spiro atoms. The highest BCUT2D eigenvalue weighted by Crippen LogP contribution is 2.17. The molecule has 5 nitrogen and oxygen atoms in total. The number of nitrogens with zero attached hydrogens (tertiary/aromatic N) is 2. The Morgan fingerprint density at radius 1 is 1.12 bits per heavy atom. The maximum atomic E-state index is 12.2. The van der Waals surface area contributed by atoms with Gasteiger partial charge >= 0.3 is 0 Å². The second kappa shape index (κ2) is 12.0. The van der Waals surface area contributed by atoms with E-state index in [1.165, 1.54) is 38.8 Å². The summed E-state index contributed by atoms with van der Waals surface area (Å²) < 4.78 is 12.0. The second-order valence-corrected chi connectivity index (χ2v) is 10.9. The molecular formula is C20H42N4OS. The van der Waals surface area contributed by atoms with Gasteiger partial charge in [0.05, 0.1) is 6.54 Å². The van der Waals surface area contributed by atoms with E-state index in [1.807, 2.05) is 20.8 Å². The number of likely N-dealkylation sites (tertiary alicyclic amines) is 1. The van der Waals surface area contributed by atoms with E-state index in [2.05, 4.69) is 36.3 Å². The molecule has 2 N–H and O–H groups in total. The van der Waals surface area contributed by atoms with Crippen LogP contribution in [-0.2, 0) is 10.8 Å². The third kappa shape index (κ3) is 8.85. The normalized spacial score (nSPS) is 19.9. The summed E-state index contributed by atoms with van der Waals surface area (Å²) in [6.07, 6.45) is 5.34. The molecule has 1 saturated heterocycles. The highest BCUT2D eigenvalue weighted by atomic mass is 32.2. The Balaban J connectivity index is 2.62. The average molecular weight is 387 g/mol. The van der Waals surface area contributed by atoms with Crippen LogP contribution in [0.25, 0.3) is 0 Å². The Labute approximate surface area is 164 Å². The van der Waals surface area contributed by atoms with Crippen LogP contribution in [0.4, 0.5) is 0 Å². The smallest absolute Gasteiger partial charge is 0.191 e. The summed E-state index contributed by atoms with van der Waals surface area (Å²) in [6, 6.07) is 0.493. The number of guanidine groups is 1. The largest absolute Gasteiger partial charge is 0.357 e. The van der Waals surface area contributed by atoms with Crippen molar-refractivity contribution < 1.29 is 4.21 Å². The van der Waals surface area contributed by atoms with Gasteiger partial charge in [-0.1, -0.05) is 26.7 Å². The monoisotopic (exact) mass is 386 g/mol. The zero-order valence-electron chi connectivity index (χ0n) is 17.9. The quantitative estimate of drug-likeness (QED) is 0.497. The fraction of sp³-hybridized carbons (Fsp3) is 0.950. The summed E-state index contributed by atoms with van der Waals surface area (Å²) in [5.41, 5.74) is 0. The molecule has 154 valence electrons. The van der Waals surface area contributed by atoms with Gasteiger partial charge in [0.15, 0.2) is 5.96 Å². The van der Waals surface area contributed by atoms with Crippen molar-refractivity contribution >= 4 is 16.8 Å². The summed E-state index contributed by atoms with van der Waals surface area (Å²) in [4.78, 5) is 7.49. The predicted molar refractivity (Wildman–Crippen MR) is 115 cm³/mol. The van der Waals surface area contributed by atoms with E-state index in [9.17, 15) is 4.21 Å². The third-order valence-corrected chi connectivity index (χ3v) is 6.86. The van der Waals surface area contributed by atoms with Crippen LogP contribution in [-0.4, -0.2) is 64.3 Å². The molecule has 1 rings (SSSR count). The van der Waals surface area contributed by atoms with E-state index < -0.39 is 10.8 Å². The number of nitrogens with one attached hydrogen (secondary N) is 2. The summed E-state index contributed by atoms with van der Waals surface area (Å²) in [5, 5.41) is 6.69. The molecule has 2 atom stereocenters. The van der Waals surface area contributed by atoms with Crippen LogP contribution in [0, 0.1) is 5.92 Å². The minimum absolute atomic E-state index is 0.160. The fourth-order valence-electron chi connectivity index (χ4n) is 3.27. The molecule has 2 unspecified atom stereocenters. The molecule has 0 aromatic heterocycles. The van der Waals surface area contributed by atoms with Crippen molar-refractivity contribution in [2.45, 2.75) is 78.0 Å². The van der Waals surface area contributed by atoms with Crippen molar-refractivity contribution in [1.29, 1.82) is 0 Å². The molecule has 0 bridgehead atoms. The van der Waals surface area contributed by atoms with Crippen LogP contribution in [0.1, 0.15) is 67.2 Å². The van der Waals surface area contributed by atoms with E-state index >= 15 is 0 Å². The second-order valence-electron chi connectivity index (χ2n) is 8.57. The van der Waals surface area contributed by atoms with Gasteiger partial charge in [0.1, 0.15) is 0 Å². The third-order valence-electron chi connectivity index (χ3n) is 4.92. The molecule has 1 aliphatic rings. The van der Waals surface area contributed by atoms with Gasteiger partial charge in [-0.3, -0.25) is 14.1 Å². The molecule has 1 aliphatic heterocycles. The van der Waals surface area contributed by atoms with Crippen LogP contribution in [0.5, 0.6) is 0 Å². The summed E-state index contributed by atoms with van der Waals surface area (Å²) in [6.45, 7) is 17.5. The van der Waals surface area contributed by atoms with Crippen molar-refractivity contribution in [3.63, 3.8) is 0 Å². The van der Waals surface area contributed by atoms with Crippen molar-refractivity contribution in [2.24, 2.45) is 10.9 Å². The maximum Gasteiger partial charge on any atom is 0.191 e. The molecule has 0 aromatic rings. The molecule has 1 heterocycles. The van der Waals surface area contributed by atoms with Crippen molar-refractivity contribution in [3.8, 4) is 0 Å². The Morgan fingerprint density at radius 3 is 2.23 bits per heavy atom. The molecule has 0 aromatic carbocycles. The molecular weight excluding hydrogens is 344 g/mol. The van der Waals surface area contributed by atoms with Crippen LogP contribution in [0.3, 0.4) is 0 Å². The van der Waals surface area contributed by atoms with Crippen molar-refractivity contribution in [2.75, 3.05) is 38.5 Å². The lowest BCUT2D eigenvalue weighted by Gasteiger charge is -2.32. The summed E-state index contributed by atoms with van der Waals surface area (Å²) >= 11 is 0. The Hall–Kier alpha value is -0.620. The van der Waals surface area contributed by atoms with Gasteiger partial charge in [0.2, 0.25) is 0 Å². The van der Waals surface area contributed by atoms with Gasteiger partial charge in [-0.15, -0.1) is 0 Å². The maximum absolute atomic E-state index is 12.2. The number of rotatable bonds is 8. The van der Waals surface area contributed by atoms with Crippen LogP contribution >= 0.6 is 0 Å². The van der Waals surface area contributed by atoms with Crippen LogP contribution in [0.15, 0.2) is 4.99 Å². The first-order chi connectivity index (χ1) is 12.3. The summed E-state index contributed by atoms with van der Waals surface area (Å²) in [5.74, 6) is 2.08. The van der Waals surface area contributed by atoms with Gasteiger partial charge in [-0.2, -0.15) is 0 Å². The zero-order chi connectivity index (χ0) is 19.6. The number of aliphatic imine (C=N–C) groups is 1. The average Bonchev–Trinajstić information content (AvgIpc) is 2.83. The van der Waals surface area contributed by atoms with E-state index in [0.29, 0.717) is 24.3 Å². The first-order valence-corrected chi connectivity index (χ1v) is 11.7. The first kappa shape index (κ1) is 23.4. The highest BCUT2D eigenvalue weighted by Gasteiger charge is 2.23. The molecule has 0 aliphatic carbocycles. The molecule has 0 amide bonds. The van der Waals surface area contributed by atoms with E-state index in [-0.39, 0.29) is 4.75 Å². The van der Waals surface area contributed by atoms with Gasteiger partial charge in [0.25, 0.3) is 0 Å². The Kier molecular flexibility index (Phi) is 10.8. The minimum atomic E-state index is -0.837. The lowest BCUT2D eigenvalue weighted by molar-refractivity contribution is 0.166. The predicted octanol–water partition coefficient (Wildman–Crippen LogP) is 2.99. The summed E-state index contributed by atoms with van der Waals surface area (Å²) in [7, 11) is -0.837.